The van der Waals surface area contributed by atoms with Crippen LogP contribution in [0.5, 0.6) is 0 Å². The zero-order chi connectivity index (χ0) is 12.8. The monoisotopic (exact) mass is 256 g/mol. The molecule has 0 spiro atoms. The first-order valence-electron chi connectivity index (χ1n) is 5.37. The highest BCUT2D eigenvalue weighted by Crippen LogP contribution is 2.21. The highest BCUT2D eigenvalue weighted by molar-refractivity contribution is 6.34. The molecule has 17 heavy (non-hydrogen) atoms. The van der Waals surface area contributed by atoms with E-state index < -0.39 is 0 Å². The number of rotatable bonds is 5. The molecule has 0 bridgehead atoms. The molecule has 0 fully saturated rings. The lowest BCUT2D eigenvalue weighted by Crippen LogP contribution is -2.30. The first-order chi connectivity index (χ1) is 8.06. The van der Waals surface area contributed by atoms with Gasteiger partial charge in [-0.1, -0.05) is 24.6 Å². The molecule has 3 N–H and O–H groups in total. The van der Waals surface area contributed by atoms with Crippen LogP contribution in [0.15, 0.2) is 18.2 Å². The normalized spacial score (nSPS) is 12.2. The van der Waals surface area contributed by atoms with Gasteiger partial charge in [0.2, 0.25) is 0 Å². The van der Waals surface area contributed by atoms with Crippen LogP contribution in [0.4, 0.5) is 5.69 Å². The molecule has 5 heteroatoms. The highest BCUT2D eigenvalue weighted by Gasteiger charge is 2.14. The van der Waals surface area contributed by atoms with Crippen molar-refractivity contribution in [1.29, 1.82) is 0 Å². The van der Waals surface area contributed by atoms with Gasteiger partial charge in [-0.15, -0.1) is 0 Å². The van der Waals surface area contributed by atoms with Crippen molar-refractivity contribution in [3.8, 4) is 0 Å². The first kappa shape index (κ1) is 13.8. The second kappa shape index (κ2) is 6.47. The van der Waals surface area contributed by atoms with Crippen LogP contribution in [-0.4, -0.2) is 26.2 Å². The van der Waals surface area contributed by atoms with Crippen molar-refractivity contribution in [2.45, 2.75) is 6.92 Å². The van der Waals surface area contributed by atoms with E-state index in [0.29, 0.717) is 29.4 Å². The van der Waals surface area contributed by atoms with Gasteiger partial charge < -0.3 is 15.8 Å². The summed E-state index contributed by atoms with van der Waals surface area (Å²) in [6, 6.07) is 5.01. The molecule has 1 amide bonds. The molecule has 0 aromatic heterocycles. The van der Waals surface area contributed by atoms with E-state index in [-0.39, 0.29) is 11.8 Å². The summed E-state index contributed by atoms with van der Waals surface area (Å²) >= 11 is 5.94. The summed E-state index contributed by atoms with van der Waals surface area (Å²) in [5.74, 6) is -0.0104. The Morgan fingerprint density at radius 3 is 2.88 bits per heavy atom. The summed E-state index contributed by atoms with van der Waals surface area (Å²) in [4.78, 5) is 11.9. The Morgan fingerprint density at radius 2 is 2.29 bits per heavy atom. The van der Waals surface area contributed by atoms with Gasteiger partial charge in [0.15, 0.2) is 0 Å². The fourth-order valence-electron chi connectivity index (χ4n) is 1.48. The summed E-state index contributed by atoms with van der Waals surface area (Å²) in [5.41, 5.74) is 6.43. The molecule has 1 aromatic carbocycles. The van der Waals surface area contributed by atoms with Gasteiger partial charge in [-0.3, -0.25) is 4.79 Å². The maximum absolute atomic E-state index is 11.9. The van der Waals surface area contributed by atoms with Crippen molar-refractivity contribution < 1.29 is 9.53 Å². The molecule has 0 aliphatic rings. The van der Waals surface area contributed by atoms with Gasteiger partial charge in [0.1, 0.15) is 0 Å². The lowest BCUT2D eigenvalue weighted by Gasteiger charge is -2.13. The SMILES string of the molecule is COCC(C)CNC(=O)c1c(N)cccc1Cl. The summed E-state index contributed by atoms with van der Waals surface area (Å²) in [7, 11) is 1.63. The lowest BCUT2D eigenvalue weighted by molar-refractivity contribution is 0.0935. The Hall–Kier alpha value is -1.26. The molecule has 94 valence electrons. The third-order valence-corrected chi connectivity index (χ3v) is 2.65. The zero-order valence-electron chi connectivity index (χ0n) is 10.00. The largest absolute Gasteiger partial charge is 0.398 e. The number of halogens is 1. The summed E-state index contributed by atoms with van der Waals surface area (Å²) in [5, 5.41) is 3.14. The molecule has 0 saturated carbocycles. The van der Waals surface area contributed by atoms with Crippen molar-refractivity contribution in [3.05, 3.63) is 28.8 Å². The van der Waals surface area contributed by atoms with Gasteiger partial charge in [-0.05, 0) is 18.1 Å². The van der Waals surface area contributed by atoms with E-state index >= 15 is 0 Å². The molecule has 0 aliphatic heterocycles. The average Bonchev–Trinajstić information content (AvgIpc) is 2.26. The van der Waals surface area contributed by atoms with Crippen LogP contribution in [-0.2, 0) is 4.74 Å². The van der Waals surface area contributed by atoms with Crippen molar-refractivity contribution in [2.75, 3.05) is 26.0 Å². The van der Waals surface area contributed by atoms with Gasteiger partial charge in [0, 0.05) is 19.3 Å². The van der Waals surface area contributed by atoms with Crippen molar-refractivity contribution in [3.63, 3.8) is 0 Å². The summed E-state index contributed by atoms with van der Waals surface area (Å²) < 4.78 is 4.99. The predicted octanol–water partition coefficient (Wildman–Crippen LogP) is 1.93. The minimum Gasteiger partial charge on any atom is -0.398 e. The Kier molecular flexibility index (Phi) is 5.25. The lowest BCUT2D eigenvalue weighted by atomic mass is 10.1. The molecule has 1 rings (SSSR count). The minimum atomic E-state index is -0.254. The second-order valence-electron chi connectivity index (χ2n) is 3.97. The molecular formula is C12H17ClN2O2. The quantitative estimate of drug-likeness (QED) is 0.792. The van der Waals surface area contributed by atoms with Crippen LogP contribution in [0.1, 0.15) is 17.3 Å². The van der Waals surface area contributed by atoms with E-state index in [1.54, 1.807) is 25.3 Å². The highest BCUT2D eigenvalue weighted by atomic mass is 35.5. The van der Waals surface area contributed by atoms with E-state index in [2.05, 4.69) is 5.32 Å². The number of benzene rings is 1. The van der Waals surface area contributed by atoms with Gasteiger partial charge in [-0.2, -0.15) is 0 Å². The van der Waals surface area contributed by atoms with Crippen LogP contribution in [0, 0.1) is 5.92 Å². The second-order valence-corrected chi connectivity index (χ2v) is 4.38. The fraction of sp³-hybridized carbons (Fsp3) is 0.417. The van der Waals surface area contributed by atoms with Crippen LogP contribution in [0.2, 0.25) is 5.02 Å². The van der Waals surface area contributed by atoms with Crippen LogP contribution in [0.3, 0.4) is 0 Å². The summed E-state index contributed by atoms with van der Waals surface area (Å²) in [6.45, 7) is 3.11. The van der Waals surface area contributed by atoms with Crippen molar-refractivity contribution >= 4 is 23.2 Å². The number of carbonyl (C=O) groups is 1. The van der Waals surface area contributed by atoms with E-state index in [0.717, 1.165) is 0 Å². The van der Waals surface area contributed by atoms with Gasteiger partial charge in [-0.25, -0.2) is 0 Å². The molecule has 1 unspecified atom stereocenters. The Morgan fingerprint density at radius 1 is 1.59 bits per heavy atom. The zero-order valence-corrected chi connectivity index (χ0v) is 10.8. The Balaban J connectivity index is 2.64. The van der Waals surface area contributed by atoms with Crippen LogP contribution in [0.25, 0.3) is 0 Å². The molecule has 4 nitrogen and oxygen atoms in total. The molecule has 1 aromatic rings. The Bertz CT molecular complexity index is 376. The molecule has 0 aliphatic carbocycles. The third kappa shape index (κ3) is 3.91. The number of nitrogens with one attached hydrogen (secondary N) is 1. The fourth-order valence-corrected chi connectivity index (χ4v) is 1.75. The summed E-state index contributed by atoms with van der Waals surface area (Å²) in [6.07, 6.45) is 0. The Labute approximate surface area is 106 Å². The number of hydrogen-bond donors (Lipinski definition) is 2. The van der Waals surface area contributed by atoms with Gasteiger partial charge in [0.25, 0.3) is 5.91 Å². The smallest absolute Gasteiger partial charge is 0.254 e. The number of nitrogens with two attached hydrogens (primary N) is 1. The molecule has 1 atom stereocenters. The number of hydrogen-bond acceptors (Lipinski definition) is 3. The van der Waals surface area contributed by atoms with E-state index in [1.807, 2.05) is 6.92 Å². The maximum atomic E-state index is 11.9. The van der Waals surface area contributed by atoms with Gasteiger partial charge >= 0.3 is 0 Å². The number of amides is 1. The minimum absolute atomic E-state index is 0.243. The molecule has 0 heterocycles. The van der Waals surface area contributed by atoms with Crippen LogP contribution < -0.4 is 11.1 Å². The molecular weight excluding hydrogens is 240 g/mol. The molecule has 0 saturated heterocycles. The number of methoxy groups -OCH3 is 1. The topological polar surface area (TPSA) is 64.3 Å². The van der Waals surface area contributed by atoms with Gasteiger partial charge in [0.05, 0.1) is 17.2 Å². The predicted molar refractivity (Wildman–Crippen MR) is 69.2 cm³/mol. The van der Waals surface area contributed by atoms with Crippen molar-refractivity contribution in [2.24, 2.45) is 5.92 Å². The number of anilines is 1. The van der Waals surface area contributed by atoms with E-state index in [1.165, 1.54) is 0 Å². The van der Waals surface area contributed by atoms with E-state index in [9.17, 15) is 4.79 Å². The number of carbonyl (C=O) groups excluding carboxylic acids is 1. The standard InChI is InChI=1S/C12H17ClN2O2/c1-8(7-17-2)6-15-12(16)11-9(13)4-3-5-10(11)14/h3-5,8H,6-7,14H2,1-2H3,(H,15,16). The van der Waals surface area contributed by atoms with Crippen LogP contribution >= 0.6 is 11.6 Å². The molecule has 0 radical (unpaired) electrons. The number of nitrogen functional groups attached to an aromatic ring is 1. The number of ether oxygens (including phenoxy) is 1. The van der Waals surface area contributed by atoms with E-state index in [4.69, 9.17) is 22.1 Å². The first-order valence-corrected chi connectivity index (χ1v) is 5.75. The average molecular weight is 257 g/mol. The third-order valence-electron chi connectivity index (χ3n) is 2.34. The maximum Gasteiger partial charge on any atom is 0.254 e. The van der Waals surface area contributed by atoms with Crippen molar-refractivity contribution in [1.82, 2.24) is 5.32 Å².